The minimum Gasteiger partial charge on any atom is -0.378 e. The zero-order chi connectivity index (χ0) is 12.4. The van der Waals surface area contributed by atoms with Gasteiger partial charge in [-0.1, -0.05) is 11.6 Å². The predicted octanol–water partition coefficient (Wildman–Crippen LogP) is 4.62. The molecule has 1 aromatic carbocycles. The second kappa shape index (κ2) is 5.33. The minimum atomic E-state index is -0.282. The second-order valence-corrected chi connectivity index (χ2v) is 6.09. The molecule has 0 aliphatic heterocycles. The smallest absolute Gasteiger partial charge is 0.139 e. The summed E-state index contributed by atoms with van der Waals surface area (Å²) in [5.41, 5.74) is 1.73. The van der Waals surface area contributed by atoms with Gasteiger partial charge in [0.25, 0.3) is 0 Å². The molecule has 0 amide bonds. The third kappa shape index (κ3) is 3.18. The molecule has 17 heavy (non-hydrogen) atoms. The molecule has 2 nitrogen and oxygen atoms in total. The van der Waals surface area contributed by atoms with Crippen LogP contribution in [0.5, 0.6) is 0 Å². The van der Waals surface area contributed by atoms with E-state index in [1.165, 1.54) is 17.4 Å². The highest BCUT2D eigenvalue weighted by Crippen LogP contribution is 2.25. The van der Waals surface area contributed by atoms with Gasteiger partial charge in [-0.05, 0) is 40.5 Å². The van der Waals surface area contributed by atoms with E-state index in [0.717, 1.165) is 16.3 Å². The molecular weight excluding hydrogens is 327 g/mol. The summed E-state index contributed by atoms with van der Waals surface area (Å²) in [6, 6.07) is 3.21. The molecule has 6 heteroatoms. The number of hydrogen-bond donors (Lipinski definition) is 1. The van der Waals surface area contributed by atoms with Crippen LogP contribution in [0.4, 0.5) is 10.1 Å². The molecule has 1 N–H and O–H groups in total. The van der Waals surface area contributed by atoms with E-state index in [1.54, 1.807) is 12.3 Å². The highest BCUT2D eigenvalue weighted by molar-refractivity contribution is 9.10. The summed E-state index contributed by atoms with van der Waals surface area (Å²) in [5, 5.41) is 4.01. The average Bonchev–Trinajstić information content (AvgIpc) is 2.68. The van der Waals surface area contributed by atoms with Crippen LogP contribution in [0, 0.1) is 12.7 Å². The maximum Gasteiger partial charge on any atom is 0.139 e. The summed E-state index contributed by atoms with van der Waals surface area (Å²) < 4.78 is 14.5. The average molecular weight is 336 g/mol. The molecule has 1 aromatic heterocycles. The van der Waals surface area contributed by atoms with Crippen LogP contribution in [0.3, 0.4) is 0 Å². The van der Waals surface area contributed by atoms with Crippen molar-refractivity contribution in [3.63, 3.8) is 0 Å². The third-order valence-electron chi connectivity index (χ3n) is 2.22. The van der Waals surface area contributed by atoms with Gasteiger partial charge in [-0.25, -0.2) is 9.37 Å². The predicted molar refractivity (Wildman–Crippen MR) is 73.3 cm³/mol. The van der Waals surface area contributed by atoms with E-state index < -0.39 is 0 Å². The van der Waals surface area contributed by atoms with Crippen molar-refractivity contribution in [1.29, 1.82) is 0 Å². The fourth-order valence-corrected chi connectivity index (χ4v) is 2.73. The van der Waals surface area contributed by atoms with Gasteiger partial charge in [0.15, 0.2) is 0 Å². The maximum absolute atomic E-state index is 13.4. The Labute approximate surface area is 116 Å². The molecule has 0 saturated heterocycles. The number of aryl methyl sites for hydroxylation is 1. The molecular formula is C11H9BrClFN2S. The van der Waals surface area contributed by atoms with Crippen LogP contribution in [0.25, 0.3) is 0 Å². The summed E-state index contributed by atoms with van der Waals surface area (Å²) in [7, 11) is 0. The Morgan fingerprint density at radius 3 is 2.94 bits per heavy atom. The number of hydrogen-bond acceptors (Lipinski definition) is 3. The van der Waals surface area contributed by atoms with E-state index in [0.29, 0.717) is 15.4 Å². The van der Waals surface area contributed by atoms with Gasteiger partial charge in [0.05, 0.1) is 17.2 Å². The zero-order valence-corrected chi connectivity index (χ0v) is 12.1. The lowest BCUT2D eigenvalue weighted by atomic mass is 10.2. The molecule has 0 spiro atoms. The Hall–Kier alpha value is -0.650. The quantitative estimate of drug-likeness (QED) is 0.885. The van der Waals surface area contributed by atoms with Crippen LogP contribution in [0.15, 0.2) is 22.8 Å². The van der Waals surface area contributed by atoms with E-state index in [9.17, 15) is 4.39 Å². The fraction of sp³-hybridized carbons (Fsp3) is 0.182. The van der Waals surface area contributed by atoms with Crippen LogP contribution in [-0.4, -0.2) is 4.98 Å². The lowest BCUT2D eigenvalue weighted by molar-refractivity contribution is 0.621. The molecule has 0 atom stereocenters. The van der Waals surface area contributed by atoms with Crippen LogP contribution >= 0.6 is 38.9 Å². The molecule has 0 bridgehead atoms. The minimum absolute atomic E-state index is 0.282. The number of nitrogens with one attached hydrogen (secondary N) is 1. The Morgan fingerprint density at radius 1 is 1.53 bits per heavy atom. The first-order valence-corrected chi connectivity index (χ1v) is 6.84. The molecule has 0 radical (unpaired) electrons. The number of rotatable bonds is 3. The largest absolute Gasteiger partial charge is 0.378 e. The zero-order valence-electron chi connectivity index (χ0n) is 8.93. The van der Waals surface area contributed by atoms with Gasteiger partial charge >= 0.3 is 0 Å². The lowest BCUT2D eigenvalue weighted by Gasteiger charge is -2.09. The Balaban J connectivity index is 2.11. The first-order chi connectivity index (χ1) is 8.06. The molecule has 0 saturated carbocycles. The topological polar surface area (TPSA) is 24.9 Å². The van der Waals surface area contributed by atoms with Gasteiger partial charge in [-0.2, -0.15) is 0 Å². The van der Waals surface area contributed by atoms with Crippen LogP contribution in [-0.2, 0) is 6.54 Å². The summed E-state index contributed by atoms with van der Waals surface area (Å²) in [5.74, 6) is -0.282. The maximum atomic E-state index is 13.4. The van der Waals surface area contributed by atoms with Crippen LogP contribution < -0.4 is 5.32 Å². The van der Waals surface area contributed by atoms with Crippen molar-refractivity contribution in [2.24, 2.45) is 0 Å². The van der Waals surface area contributed by atoms with Gasteiger partial charge < -0.3 is 5.32 Å². The molecule has 0 fully saturated rings. The molecule has 0 aliphatic carbocycles. The van der Waals surface area contributed by atoms with Gasteiger partial charge in [0, 0.05) is 5.69 Å². The Kier molecular flexibility index (Phi) is 4.01. The lowest BCUT2D eigenvalue weighted by Crippen LogP contribution is -2.01. The van der Waals surface area contributed by atoms with Crippen LogP contribution in [0.1, 0.15) is 10.6 Å². The Bertz CT molecular complexity index is 544. The molecule has 1 heterocycles. The molecule has 2 aromatic rings. The summed E-state index contributed by atoms with van der Waals surface area (Å²) in [6.07, 6.45) is 1.61. The summed E-state index contributed by atoms with van der Waals surface area (Å²) in [4.78, 5) is 4.12. The SMILES string of the molecule is Cc1cc(Br)c(F)cc1NCc1ncc(Cl)s1. The molecule has 0 unspecified atom stereocenters. The van der Waals surface area contributed by atoms with E-state index in [4.69, 9.17) is 11.6 Å². The standard InChI is InChI=1S/C11H9BrClFN2S/c1-6-2-7(12)8(14)3-9(6)15-5-11-16-4-10(13)17-11/h2-4,15H,5H2,1H3. The van der Waals surface area contributed by atoms with Crippen molar-refractivity contribution in [1.82, 2.24) is 4.98 Å². The van der Waals surface area contributed by atoms with E-state index >= 15 is 0 Å². The number of halogens is 3. The van der Waals surface area contributed by atoms with Gasteiger partial charge in [0.2, 0.25) is 0 Å². The van der Waals surface area contributed by atoms with Crippen molar-refractivity contribution >= 4 is 44.6 Å². The fourth-order valence-electron chi connectivity index (χ4n) is 1.38. The van der Waals surface area contributed by atoms with Crippen molar-refractivity contribution in [3.8, 4) is 0 Å². The summed E-state index contributed by atoms with van der Waals surface area (Å²) in [6.45, 7) is 2.46. The number of benzene rings is 1. The molecule has 90 valence electrons. The highest BCUT2D eigenvalue weighted by atomic mass is 79.9. The Morgan fingerprint density at radius 2 is 2.29 bits per heavy atom. The van der Waals surface area contributed by atoms with Gasteiger partial charge in [-0.3, -0.25) is 0 Å². The van der Waals surface area contributed by atoms with Gasteiger partial charge in [0.1, 0.15) is 15.2 Å². The van der Waals surface area contributed by atoms with E-state index in [-0.39, 0.29) is 5.82 Å². The van der Waals surface area contributed by atoms with Crippen LogP contribution in [0.2, 0.25) is 4.34 Å². The monoisotopic (exact) mass is 334 g/mol. The number of anilines is 1. The molecule has 2 rings (SSSR count). The van der Waals surface area contributed by atoms with Crippen molar-refractivity contribution in [2.75, 3.05) is 5.32 Å². The van der Waals surface area contributed by atoms with Crippen molar-refractivity contribution < 1.29 is 4.39 Å². The summed E-state index contributed by atoms with van der Waals surface area (Å²) >= 11 is 10.3. The van der Waals surface area contributed by atoms with Gasteiger partial charge in [-0.15, -0.1) is 11.3 Å². The number of nitrogens with zero attached hydrogens (tertiary/aromatic N) is 1. The normalized spacial score (nSPS) is 10.6. The molecule has 0 aliphatic rings. The second-order valence-electron chi connectivity index (χ2n) is 3.49. The number of thiazole rings is 1. The first kappa shape index (κ1) is 12.8. The van der Waals surface area contributed by atoms with Crippen molar-refractivity contribution in [2.45, 2.75) is 13.5 Å². The highest BCUT2D eigenvalue weighted by Gasteiger charge is 2.06. The number of aromatic nitrogens is 1. The van der Waals surface area contributed by atoms with E-state index in [1.807, 2.05) is 6.92 Å². The third-order valence-corrected chi connectivity index (χ3v) is 3.95. The van der Waals surface area contributed by atoms with E-state index in [2.05, 4.69) is 26.2 Å². The van der Waals surface area contributed by atoms with Crippen molar-refractivity contribution in [3.05, 3.63) is 43.5 Å². The first-order valence-electron chi connectivity index (χ1n) is 4.86.